The van der Waals surface area contributed by atoms with Gasteiger partial charge in [0.15, 0.2) is 0 Å². The summed E-state index contributed by atoms with van der Waals surface area (Å²) in [5, 5.41) is 0. The Kier molecular flexibility index (Phi) is 14.8. The zero-order chi connectivity index (χ0) is 33.3. The van der Waals surface area contributed by atoms with E-state index in [9.17, 15) is 19.2 Å². The summed E-state index contributed by atoms with van der Waals surface area (Å²) in [6, 6.07) is 10.4. The van der Waals surface area contributed by atoms with Crippen molar-refractivity contribution in [1.82, 2.24) is 0 Å². The van der Waals surface area contributed by atoms with Gasteiger partial charge in [-0.3, -0.25) is 4.79 Å². The first-order valence-corrected chi connectivity index (χ1v) is 15.7. The molecule has 3 rings (SSSR count). The fraction of sp³-hybridized carbons (Fsp3) is 0.444. The van der Waals surface area contributed by atoms with Gasteiger partial charge in [0.25, 0.3) is 0 Å². The standard InChI is InChI=1S/C36H44O10/c1-5-33(37)43-21-9-7-19-41-31-17-13-28(23-25(31)3)36(40)45-29-14-11-27(12-15-29)35(39)46-30-16-18-32(26(4)24-30)42-20-8-10-22-44-34(38)6-2/h5-6,13,16-18,23-24,27,29H,1-2,7-12,14-15,19-22H2,3-4H3. The van der Waals surface area contributed by atoms with E-state index >= 15 is 0 Å². The quantitative estimate of drug-likeness (QED) is 0.0597. The zero-order valence-corrected chi connectivity index (χ0v) is 26.8. The van der Waals surface area contributed by atoms with Crippen LogP contribution in [0.1, 0.15) is 72.9 Å². The van der Waals surface area contributed by atoms with Gasteiger partial charge in [0, 0.05) is 12.2 Å². The van der Waals surface area contributed by atoms with Crippen LogP contribution in [-0.4, -0.2) is 56.4 Å². The molecule has 0 heterocycles. The van der Waals surface area contributed by atoms with Crippen LogP contribution in [0.15, 0.2) is 61.7 Å². The fourth-order valence-electron chi connectivity index (χ4n) is 4.86. The maximum Gasteiger partial charge on any atom is 0.338 e. The molecule has 0 atom stereocenters. The molecule has 2 aromatic rings. The number of hydrogen-bond donors (Lipinski definition) is 0. The van der Waals surface area contributed by atoms with Crippen molar-refractivity contribution < 1.29 is 47.6 Å². The van der Waals surface area contributed by atoms with Crippen LogP contribution in [0.3, 0.4) is 0 Å². The summed E-state index contributed by atoms with van der Waals surface area (Å²) in [6.07, 6.45) is 7.08. The molecule has 1 fully saturated rings. The number of benzene rings is 2. The molecule has 0 radical (unpaired) electrons. The van der Waals surface area contributed by atoms with Crippen molar-refractivity contribution in [3.8, 4) is 17.2 Å². The SMILES string of the molecule is C=CC(=O)OCCCCOc1ccc(OC(=O)C2CCC(OC(=O)c3ccc(OCCCCOC(=O)C=C)c(C)c3)CC2)cc1C. The first-order valence-electron chi connectivity index (χ1n) is 15.7. The lowest BCUT2D eigenvalue weighted by molar-refractivity contribution is -0.141. The van der Waals surface area contributed by atoms with Gasteiger partial charge in [-0.1, -0.05) is 13.2 Å². The highest BCUT2D eigenvalue weighted by atomic mass is 16.6. The Balaban J connectivity index is 1.36. The molecule has 1 aliphatic rings. The first kappa shape index (κ1) is 35.9. The topological polar surface area (TPSA) is 124 Å². The van der Waals surface area contributed by atoms with Crippen LogP contribution in [-0.2, 0) is 28.6 Å². The number of esters is 4. The Labute approximate surface area is 270 Å². The van der Waals surface area contributed by atoms with Crippen LogP contribution >= 0.6 is 0 Å². The molecule has 1 aliphatic carbocycles. The van der Waals surface area contributed by atoms with E-state index in [0.29, 0.717) is 94.2 Å². The normalized spacial score (nSPS) is 15.6. The molecule has 0 aliphatic heterocycles. The van der Waals surface area contributed by atoms with Gasteiger partial charge in [-0.25, -0.2) is 14.4 Å². The number of unbranched alkanes of at least 4 members (excludes halogenated alkanes) is 2. The van der Waals surface area contributed by atoms with Gasteiger partial charge < -0.3 is 28.4 Å². The van der Waals surface area contributed by atoms with E-state index in [4.69, 9.17) is 28.4 Å². The zero-order valence-electron chi connectivity index (χ0n) is 26.8. The Hall–Kier alpha value is -4.60. The molecular weight excluding hydrogens is 592 g/mol. The third-order valence-electron chi connectivity index (χ3n) is 7.47. The summed E-state index contributed by atoms with van der Waals surface area (Å²) in [7, 11) is 0. The van der Waals surface area contributed by atoms with Crippen molar-refractivity contribution in [3.63, 3.8) is 0 Å². The smallest absolute Gasteiger partial charge is 0.338 e. The van der Waals surface area contributed by atoms with Gasteiger partial charge in [-0.05, 0) is 113 Å². The lowest BCUT2D eigenvalue weighted by Crippen LogP contribution is -2.30. The molecule has 0 unspecified atom stereocenters. The third-order valence-corrected chi connectivity index (χ3v) is 7.47. The van der Waals surface area contributed by atoms with Crippen LogP contribution in [0, 0.1) is 19.8 Å². The summed E-state index contributed by atoms with van der Waals surface area (Å²) in [5.74, 6) is -0.0131. The predicted molar refractivity (Wildman–Crippen MR) is 171 cm³/mol. The highest BCUT2D eigenvalue weighted by molar-refractivity contribution is 5.90. The highest BCUT2D eigenvalue weighted by Crippen LogP contribution is 2.30. The van der Waals surface area contributed by atoms with Crippen LogP contribution in [0.25, 0.3) is 0 Å². The average Bonchev–Trinajstić information content (AvgIpc) is 3.05. The van der Waals surface area contributed by atoms with Crippen LogP contribution in [0.4, 0.5) is 0 Å². The number of carbonyl (C=O) groups excluding carboxylic acids is 4. The van der Waals surface area contributed by atoms with Gasteiger partial charge in [0.1, 0.15) is 23.4 Å². The number of aryl methyl sites for hydroxylation is 2. The molecule has 1 saturated carbocycles. The van der Waals surface area contributed by atoms with Crippen LogP contribution in [0.5, 0.6) is 17.2 Å². The van der Waals surface area contributed by atoms with Crippen molar-refractivity contribution in [2.75, 3.05) is 26.4 Å². The van der Waals surface area contributed by atoms with Gasteiger partial charge in [-0.2, -0.15) is 0 Å². The van der Waals surface area contributed by atoms with Gasteiger partial charge in [0.2, 0.25) is 0 Å². The molecule has 2 aromatic carbocycles. The van der Waals surface area contributed by atoms with E-state index in [2.05, 4.69) is 13.2 Å². The maximum absolute atomic E-state index is 12.9. The van der Waals surface area contributed by atoms with E-state index in [1.54, 1.807) is 36.4 Å². The van der Waals surface area contributed by atoms with Crippen LogP contribution < -0.4 is 14.2 Å². The molecule has 10 heteroatoms. The summed E-state index contributed by atoms with van der Waals surface area (Å²) >= 11 is 0. The number of ether oxygens (including phenoxy) is 6. The van der Waals surface area contributed by atoms with Crippen LogP contribution in [0.2, 0.25) is 0 Å². The first-order chi connectivity index (χ1) is 22.2. The van der Waals surface area contributed by atoms with Crippen molar-refractivity contribution in [3.05, 3.63) is 78.4 Å². The number of carbonyl (C=O) groups is 4. The molecule has 0 amide bonds. The van der Waals surface area contributed by atoms with Crippen molar-refractivity contribution in [1.29, 1.82) is 0 Å². The minimum absolute atomic E-state index is 0.268. The third kappa shape index (κ3) is 12.1. The highest BCUT2D eigenvalue weighted by Gasteiger charge is 2.30. The second-order valence-corrected chi connectivity index (χ2v) is 11.1. The molecule has 248 valence electrons. The summed E-state index contributed by atoms with van der Waals surface area (Å²) in [4.78, 5) is 47.8. The molecule has 10 nitrogen and oxygen atoms in total. The molecule has 0 spiro atoms. The Morgan fingerprint density at radius 3 is 1.76 bits per heavy atom. The molecule has 46 heavy (non-hydrogen) atoms. The molecule has 0 aromatic heterocycles. The Morgan fingerprint density at radius 1 is 0.717 bits per heavy atom. The monoisotopic (exact) mass is 636 g/mol. The Bertz CT molecular complexity index is 1360. The van der Waals surface area contributed by atoms with E-state index in [1.807, 2.05) is 13.8 Å². The largest absolute Gasteiger partial charge is 0.493 e. The second-order valence-electron chi connectivity index (χ2n) is 11.1. The van der Waals surface area contributed by atoms with E-state index in [-0.39, 0.29) is 18.0 Å². The molecule has 0 saturated heterocycles. The van der Waals surface area contributed by atoms with Crippen molar-refractivity contribution in [2.24, 2.45) is 5.92 Å². The van der Waals surface area contributed by atoms with E-state index in [0.717, 1.165) is 29.7 Å². The van der Waals surface area contributed by atoms with E-state index in [1.165, 1.54) is 0 Å². The Morgan fingerprint density at radius 2 is 1.24 bits per heavy atom. The number of hydrogen-bond acceptors (Lipinski definition) is 10. The lowest BCUT2D eigenvalue weighted by atomic mass is 9.87. The second kappa shape index (κ2) is 19.0. The average molecular weight is 637 g/mol. The van der Waals surface area contributed by atoms with Gasteiger partial charge in [-0.15, -0.1) is 0 Å². The maximum atomic E-state index is 12.9. The van der Waals surface area contributed by atoms with Gasteiger partial charge >= 0.3 is 23.9 Å². The molecular formula is C36H44O10. The minimum atomic E-state index is -0.439. The predicted octanol–water partition coefficient (Wildman–Crippen LogP) is 6.40. The minimum Gasteiger partial charge on any atom is -0.493 e. The van der Waals surface area contributed by atoms with Crippen molar-refractivity contribution >= 4 is 23.9 Å². The molecule has 0 bridgehead atoms. The fourth-order valence-corrected chi connectivity index (χ4v) is 4.86. The molecule has 0 N–H and O–H groups in total. The van der Waals surface area contributed by atoms with Crippen molar-refractivity contribution in [2.45, 2.75) is 71.3 Å². The number of rotatable bonds is 18. The summed E-state index contributed by atoms with van der Waals surface area (Å²) < 4.78 is 32.9. The lowest BCUT2D eigenvalue weighted by Gasteiger charge is -2.27. The van der Waals surface area contributed by atoms with E-state index < -0.39 is 17.9 Å². The van der Waals surface area contributed by atoms with Gasteiger partial charge in [0.05, 0.1) is 37.9 Å². The summed E-state index contributed by atoms with van der Waals surface area (Å²) in [6.45, 7) is 12.0. The summed E-state index contributed by atoms with van der Waals surface area (Å²) in [5.41, 5.74) is 2.11.